The molecule has 0 spiro atoms. The largest absolute Gasteiger partial charge is 0.352 e. The Kier molecular flexibility index (Phi) is 9.87. The Labute approximate surface area is 242 Å². The van der Waals surface area contributed by atoms with Crippen LogP contribution in [0.1, 0.15) is 42.4 Å². The van der Waals surface area contributed by atoms with E-state index < -0.39 is 28.5 Å². The Balaban J connectivity index is 1.74. The quantitative estimate of drug-likeness (QED) is 0.341. The highest BCUT2D eigenvalue weighted by Gasteiger charge is 2.34. The highest BCUT2D eigenvalue weighted by Crippen LogP contribution is 2.28. The number of aryl methyl sites for hydroxylation is 1. The molecule has 1 atom stereocenters. The SMILES string of the molecule is Cc1ccccc1CN(C(=O)CN(c1ccccc1Cl)S(C)(=O)=O)C(Cc1ccccc1)C(=O)NC1CCCC1. The first-order chi connectivity index (χ1) is 19.1. The van der Waals surface area contributed by atoms with E-state index in [1.165, 1.54) is 4.90 Å². The van der Waals surface area contributed by atoms with Crippen LogP contribution in [0.15, 0.2) is 78.9 Å². The van der Waals surface area contributed by atoms with E-state index in [4.69, 9.17) is 11.6 Å². The molecule has 2 amide bonds. The van der Waals surface area contributed by atoms with Gasteiger partial charge in [-0.2, -0.15) is 0 Å². The summed E-state index contributed by atoms with van der Waals surface area (Å²) in [5.74, 6) is -0.725. The molecule has 1 aliphatic carbocycles. The molecule has 4 rings (SSSR count). The Morgan fingerprint density at radius 1 is 0.950 bits per heavy atom. The number of hydrogen-bond acceptors (Lipinski definition) is 4. The summed E-state index contributed by atoms with van der Waals surface area (Å²) in [5, 5.41) is 3.39. The molecule has 0 radical (unpaired) electrons. The number of rotatable bonds is 11. The summed E-state index contributed by atoms with van der Waals surface area (Å²) in [7, 11) is -3.87. The third kappa shape index (κ3) is 7.64. The number of benzene rings is 3. The fourth-order valence-electron chi connectivity index (χ4n) is 5.14. The minimum atomic E-state index is -3.87. The van der Waals surface area contributed by atoms with Gasteiger partial charge >= 0.3 is 0 Å². The lowest BCUT2D eigenvalue weighted by Crippen LogP contribution is -2.54. The second kappa shape index (κ2) is 13.3. The Morgan fingerprint density at radius 3 is 2.23 bits per heavy atom. The number of carbonyl (C=O) groups excluding carboxylic acids is 2. The fraction of sp³-hybridized carbons (Fsp3) is 0.355. The molecule has 0 aromatic heterocycles. The summed E-state index contributed by atoms with van der Waals surface area (Å²) in [6.45, 7) is 1.62. The van der Waals surface area contributed by atoms with Crippen LogP contribution in [-0.4, -0.2) is 50.0 Å². The van der Waals surface area contributed by atoms with Gasteiger partial charge in [-0.25, -0.2) is 8.42 Å². The third-order valence-electron chi connectivity index (χ3n) is 7.37. The van der Waals surface area contributed by atoms with E-state index in [-0.39, 0.29) is 29.2 Å². The molecule has 1 unspecified atom stereocenters. The molecule has 7 nitrogen and oxygen atoms in total. The standard InChI is InChI=1S/C31H36ClN3O4S/c1-23-12-6-7-15-25(23)21-34(30(36)22-35(40(2,38)39)28-19-11-10-18-27(28)32)29(20-24-13-4-3-5-14-24)31(37)33-26-16-8-9-17-26/h3-7,10-15,18-19,26,29H,8-9,16-17,20-22H2,1-2H3,(H,33,37). The number of halogens is 1. The van der Waals surface area contributed by atoms with E-state index in [0.29, 0.717) is 6.42 Å². The van der Waals surface area contributed by atoms with Crippen molar-refractivity contribution in [2.45, 2.75) is 57.7 Å². The molecule has 0 heterocycles. The fourth-order valence-corrected chi connectivity index (χ4v) is 6.29. The summed E-state index contributed by atoms with van der Waals surface area (Å²) < 4.78 is 26.8. The predicted octanol–water partition coefficient (Wildman–Crippen LogP) is 5.11. The van der Waals surface area contributed by atoms with Gasteiger partial charge in [0, 0.05) is 19.0 Å². The molecule has 0 aliphatic heterocycles. The number of nitrogens with zero attached hydrogens (tertiary/aromatic N) is 2. The number of amides is 2. The lowest BCUT2D eigenvalue weighted by molar-refractivity contribution is -0.140. The zero-order chi connectivity index (χ0) is 28.7. The van der Waals surface area contributed by atoms with E-state index in [9.17, 15) is 18.0 Å². The van der Waals surface area contributed by atoms with E-state index in [0.717, 1.165) is 52.9 Å². The van der Waals surface area contributed by atoms with Crippen LogP contribution < -0.4 is 9.62 Å². The van der Waals surface area contributed by atoms with Gasteiger partial charge in [-0.1, -0.05) is 91.2 Å². The first kappa shape index (κ1) is 29.6. The molecule has 40 heavy (non-hydrogen) atoms. The number of nitrogens with one attached hydrogen (secondary N) is 1. The highest BCUT2D eigenvalue weighted by molar-refractivity contribution is 7.92. The normalized spacial score (nSPS) is 14.5. The summed E-state index contributed by atoms with van der Waals surface area (Å²) >= 11 is 6.36. The molecule has 0 saturated heterocycles. The number of carbonyl (C=O) groups is 2. The minimum absolute atomic E-state index is 0.0665. The molecule has 3 aromatic rings. The van der Waals surface area contributed by atoms with Crippen LogP contribution in [0.2, 0.25) is 5.02 Å². The van der Waals surface area contributed by atoms with Crippen molar-refractivity contribution in [1.82, 2.24) is 10.2 Å². The molecular formula is C31H36ClN3O4S. The van der Waals surface area contributed by atoms with Crippen LogP contribution in [0.25, 0.3) is 0 Å². The van der Waals surface area contributed by atoms with E-state index in [2.05, 4.69) is 5.32 Å². The van der Waals surface area contributed by atoms with Crippen LogP contribution in [-0.2, 0) is 32.6 Å². The van der Waals surface area contributed by atoms with Crippen molar-refractivity contribution in [3.8, 4) is 0 Å². The van der Waals surface area contributed by atoms with Gasteiger partial charge in [-0.15, -0.1) is 0 Å². The number of hydrogen-bond donors (Lipinski definition) is 1. The zero-order valence-corrected chi connectivity index (χ0v) is 24.5. The van der Waals surface area contributed by atoms with E-state index in [1.54, 1.807) is 24.3 Å². The first-order valence-corrected chi connectivity index (χ1v) is 15.8. The minimum Gasteiger partial charge on any atom is -0.352 e. The number of sulfonamides is 1. The number of para-hydroxylation sites is 1. The second-order valence-electron chi connectivity index (χ2n) is 10.4. The molecule has 0 bridgehead atoms. The van der Waals surface area contributed by atoms with Crippen molar-refractivity contribution in [2.24, 2.45) is 0 Å². The summed E-state index contributed by atoms with van der Waals surface area (Å²) in [6, 6.07) is 23.0. The van der Waals surface area contributed by atoms with Gasteiger partial charge in [0.25, 0.3) is 0 Å². The van der Waals surface area contributed by atoms with Gasteiger partial charge in [0.15, 0.2) is 0 Å². The van der Waals surface area contributed by atoms with Crippen molar-refractivity contribution in [2.75, 3.05) is 17.1 Å². The molecule has 9 heteroatoms. The predicted molar refractivity (Wildman–Crippen MR) is 160 cm³/mol. The molecule has 1 aliphatic rings. The maximum absolute atomic E-state index is 14.2. The molecule has 212 valence electrons. The van der Waals surface area contributed by atoms with Crippen molar-refractivity contribution < 1.29 is 18.0 Å². The average Bonchev–Trinajstić information content (AvgIpc) is 3.43. The Morgan fingerprint density at radius 2 is 1.57 bits per heavy atom. The average molecular weight is 582 g/mol. The van der Waals surface area contributed by atoms with Gasteiger partial charge in [-0.3, -0.25) is 13.9 Å². The van der Waals surface area contributed by atoms with Crippen LogP contribution in [0, 0.1) is 6.92 Å². The summed E-state index contributed by atoms with van der Waals surface area (Å²) in [5.41, 5.74) is 2.97. The Hall–Kier alpha value is -3.36. The number of anilines is 1. The van der Waals surface area contributed by atoms with Crippen molar-refractivity contribution in [1.29, 1.82) is 0 Å². The highest BCUT2D eigenvalue weighted by atomic mass is 35.5. The zero-order valence-electron chi connectivity index (χ0n) is 22.9. The third-order valence-corrected chi connectivity index (χ3v) is 8.82. The van der Waals surface area contributed by atoms with Gasteiger partial charge in [0.1, 0.15) is 12.6 Å². The smallest absolute Gasteiger partial charge is 0.244 e. The van der Waals surface area contributed by atoms with Crippen LogP contribution >= 0.6 is 11.6 Å². The summed E-state index contributed by atoms with van der Waals surface area (Å²) in [4.78, 5) is 29.6. The molecule has 1 fully saturated rings. The Bertz CT molecular complexity index is 1430. The topological polar surface area (TPSA) is 86.8 Å². The maximum Gasteiger partial charge on any atom is 0.244 e. The maximum atomic E-state index is 14.2. The van der Waals surface area contributed by atoms with Gasteiger partial charge in [0.2, 0.25) is 21.8 Å². The van der Waals surface area contributed by atoms with E-state index >= 15 is 0 Å². The lowest BCUT2D eigenvalue weighted by Gasteiger charge is -2.34. The van der Waals surface area contributed by atoms with Gasteiger partial charge in [0.05, 0.1) is 17.0 Å². The second-order valence-corrected chi connectivity index (χ2v) is 12.7. The van der Waals surface area contributed by atoms with Gasteiger partial charge < -0.3 is 10.2 Å². The summed E-state index contributed by atoms with van der Waals surface area (Å²) in [6.07, 6.45) is 5.27. The van der Waals surface area contributed by atoms with Crippen LogP contribution in [0.3, 0.4) is 0 Å². The van der Waals surface area contributed by atoms with Crippen molar-refractivity contribution in [3.05, 3.63) is 101 Å². The lowest BCUT2D eigenvalue weighted by atomic mass is 10.0. The van der Waals surface area contributed by atoms with E-state index in [1.807, 2.05) is 61.5 Å². The van der Waals surface area contributed by atoms with Crippen molar-refractivity contribution >= 4 is 39.1 Å². The van der Waals surface area contributed by atoms with Crippen LogP contribution in [0.4, 0.5) is 5.69 Å². The molecule has 1 N–H and O–H groups in total. The van der Waals surface area contributed by atoms with Crippen molar-refractivity contribution in [3.63, 3.8) is 0 Å². The molecule has 3 aromatic carbocycles. The first-order valence-electron chi connectivity index (χ1n) is 13.5. The van der Waals surface area contributed by atoms with Crippen LogP contribution in [0.5, 0.6) is 0 Å². The molecule has 1 saturated carbocycles. The van der Waals surface area contributed by atoms with Gasteiger partial charge in [-0.05, 0) is 48.6 Å². The molecular weight excluding hydrogens is 546 g/mol. The monoisotopic (exact) mass is 581 g/mol.